The van der Waals surface area contributed by atoms with Gasteiger partial charge in [0, 0.05) is 12.5 Å². The number of hydrogen-bond acceptors (Lipinski definition) is 4. The van der Waals surface area contributed by atoms with Crippen molar-refractivity contribution < 1.29 is 19.4 Å². The lowest BCUT2D eigenvalue weighted by Crippen LogP contribution is -2.58. The first kappa shape index (κ1) is 16.2. The molecule has 0 radical (unpaired) electrons. The molecule has 0 spiro atoms. The second-order valence-electron chi connectivity index (χ2n) is 6.27. The van der Waals surface area contributed by atoms with Crippen molar-refractivity contribution in [3.05, 3.63) is 12.2 Å². The van der Waals surface area contributed by atoms with Crippen LogP contribution in [0.3, 0.4) is 0 Å². The molecule has 0 aromatic heterocycles. The molecule has 21 heavy (non-hydrogen) atoms. The van der Waals surface area contributed by atoms with Crippen molar-refractivity contribution in [2.75, 3.05) is 13.2 Å². The number of piperidine rings is 1. The van der Waals surface area contributed by atoms with E-state index in [1.165, 1.54) is 0 Å². The summed E-state index contributed by atoms with van der Waals surface area (Å²) in [4.78, 5) is 26.6. The Labute approximate surface area is 126 Å². The summed E-state index contributed by atoms with van der Waals surface area (Å²) in [6.45, 7) is 8.38. The Morgan fingerprint density at radius 2 is 2.00 bits per heavy atom. The zero-order chi connectivity index (χ0) is 15.6. The fourth-order valence-electron chi connectivity index (χ4n) is 3.22. The number of carbonyl (C=O) groups is 2. The molecule has 2 aliphatic heterocycles. The summed E-state index contributed by atoms with van der Waals surface area (Å²) in [5.74, 6) is -3.80. The van der Waals surface area contributed by atoms with E-state index in [0.29, 0.717) is 19.6 Å². The molecule has 2 rings (SSSR count). The molecule has 5 heteroatoms. The molecular weight excluding hydrogens is 270 g/mol. The maximum absolute atomic E-state index is 12.6. The van der Waals surface area contributed by atoms with Crippen LogP contribution in [-0.2, 0) is 14.3 Å². The summed E-state index contributed by atoms with van der Waals surface area (Å²) in [7, 11) is 0. The SMILES string of the molecule is C=C(C)C1CCCCN1C(=O)C(=O)C1(O)OCCCC1C. The molecule has 0 saturated carbocycles. The van der Waals surface area contributed by atoms with Gasteiger partial charge in [-0.15, -0.1) is 0 Å². The molecule has 3 atom stereocenters. The number of hydrogen-bond donors (Lipinski definition) is 1. The number of aliphatic hydroxyl groups is 1. The quantitative estimate of drug-likeness (QED) is 0.635. The van der Waals surface area contributed by atoms with E-state index in [4.69, 9.17) is 4.74 Å². The van der Waals surface area contributed by atoms with Crippen molar-refractivity contribution in [2.24, 2.45) is 5.92 Å². The summed E-state index contributed by atoms with van der Waals surface area (Å²) in [6, 6.07) is -0.113. The van der Waals surface area contributed by atoms with Crippen LogP contribution in [0.2, 0.25) is 0 Å². The monoisotopic (exact) mass is 295 g/mol. The third-order valence-electron chi connectivity index (χ3n) is 4.62. The van der Waals surface area contributed by atoms with E-state index in [1.54, 1.807) is 11.8 Å². The van der Waals surface area contributed by atoms with Gasteiger partial charge in [-0.2, -0.15) is 0 Å². The van der Waals surface area contributed by atoms with E-state index in [0.717, 1.165) is 31.3 Å². The van der Waals surface area contributed by atoms with Crippen LogP contribution in [0.25, 0.3) is 0 Å². The number of Topliss-reactive ketones (excluding diaryl/α,β-unsaturated/α-hetero) is 1. The smallest absolute Gasteiger partial charge is 0.296 e. The standard InChI is InChI=1S/C16H25NO4/c1-11(2)13-8-4-5-9-17(13)15(19)14(18)16(20)12(3)7-6-10-21-16/h12-13,20H,1,4-10H2,2-3H3. The highest BCUT2D eigenvalue weighted by Crippen LogP contribution is 2.31. The van der Waals surface area contributed by atoms with Crippen LogP contribution in [0.4, 0.5) is 0 Å². The van der Waals surface area contributed by atoms with Crippen LogP contribution in [-0.4, -0.2) is 46.7 Å². The molecule has 2 aliphatic rings. The third kappa shape index (κ3) is 3.04. The highest BCUT2D eigenvalue weighted by molar-refractivity contribution is 6.38. The van der Waals surface area contributed by atoms with Crippen molar-refractivity contribution in [1.82, 2.24) is 4.90 Å². The van der Waals surface area contributed by atoms with Crippen LogP contribution in [0.15, 0.2) is 12.2 Å². The molecule has 2 saturated heterocycles. The molecule has 0 bridgehead atoms. The van der Waals surface area contributed by atoms with Crippen LogP contribution in [0.5, 0.6) is 0 Å². The summed E-state index contributed by atoms with van der Waals surface area (Å²) < 4.78 is 5.28. The number of amides is 1. The van der Waals surface area contributed by atoms with Crippen LogP contribution >= 0.6 is 0 Å². The first-order valence-electron chi connectivity index (χ1n) is 7.75. The van der Waals surface area contributed by atoms with Gasteiger partial charge in [-0.25, -0.2) is 0 Å². The highest BCUT2D eigenvalue weighted by atomic mass is 16.6. The van der Waals surface area contributed by atoms with Gasteiger partial charge in [0.05, 0.1) is 12.6 Å². The lowest BCUT2D eigenvalue weighted by molar-refractivity contribution is -0.240. The maximum Gasteiger partial charge on any atom is 0.296 e. The second-order valence-corrected chi connectivity index (χ2v) is 6.27. The minimum Gasteiger partial charge on any atom is -0.359 e. The first-order chi connectivity index (χ1) is 9.88. The largest absolute Gasteiger partial charge is 0.359 e. The van der Waals surface area contributed by atoms with Gasteiger partial charge in [-0.3, -0.25) is 9.59 Å². The van der Waals surface area contributed by atoms with Gasteiger partial charge >= 0.3 is 0 Å². The van der Waals surface area contributed by atoms with Crippen molar-refractivity contribution in [3.8, 4) is 0 Å². The lowest BCUT2D eigenvalue weighted by atomic mass is 9.88. The second kappa shape index (κ2) is 6.28. The Kier molecular flexibility index (Phi) is 4.84. The number of ether oxygens (including phenoxy) is 1. The van der Waals surface area contributed by atoms with Gasteiger partial charge in [0.15, 0.2) is 0 Å². The van der Waals surface area contributed by atoms with Crippen LogP contribution in [0, 0.1) is 5.92 Å². The fraction of sp³-hybridized carbons (Fsp3) is 0.750. The number of ketones is 1. The topological polar surface area (TPSA) is 66.8 Å². The average molecular weight is 295 g/mol. The van der Waals surface area contributed by atoms with Crippen LogP contribution in [0.1, 0.15) is 46.0 Å². The summed E-state index contributed by atoms with van der Waals surface area (Å²) >= 11 is 0. The lowest BCUT2D eigenvalue weighted by Gasteiger charge is -2.40. The Morgan fingerprint density at radius 1 is 1.29 bits per heavy atom. The number of rotatable bonds is 3. The van der Waals surface area contributed by atoms with E-state index in [-0.39, 0.29) is 12.0 Å². The van der Waals surface area contributed by atoms with E-state index in [9.17, 15) is 14.7 Å². The van der Waals surface area contributed by atoms with Gasteiger partial charge in [0.1, 0.15) is 0 Å². The molecule has 5 nitrogen and oxygen atoms in total. The fourth-order valence-corrected chi connectivity index (χ4v) is 3.22. The van der Waals surface area contributed by atoms with E-state index in [2.05, 4.69) is 6.58 Å². The van der Waals surface area contributed by atoms with E-state index >= 15 is 0 Å². The summed E-state index contributed by atoms with van der Waals surface area (Å²) in [6.07, 6.45) is 4.19. The summed E-state index contributed by atoms with van der Waals surface area (Å²) in [5, 5.41) is 10.5. The Bertz CT molecular complexity index is 448. The van der Waals surface area contributed by atoms with Crippen molar-refractivity contribution >= 4 is 11.7 Å². The zero-order valence-electron chi connectivity index (χ0n) is 12.9. The number of carbonyl (C=O) groups excluding carboxylic acids is 2. The number of likely N-dealkylation sites (tertiary alicyclic amines) is 1. The molecule has 3 unspecified atom stereocenters. The minimum absolute atomic E-state index is 0.113. The Balaban J connectivity index is 2.17. The van der Waals surface area contributed by atoms with Gasteiger partial charge in [0.2, 0.25) is 5.79 Å². The van der Waals surface area contributed by atoms with Crippen molar-refractivity contribution in [3.63, 3.8) is 0 Å². The average Bonchev–Trinajstić information content (AvgIpc) is 2.48. The Morgan fingerprint density at radius 3 is 2.62 bits per heavy atom. The zero-order valence-corrected chi connectivity index (χ0v) is 12.9. The van der Waals surface area contributed by atoms with Gasteiger partial charge < -0.3 is 14.7 Å². The molecule has 1 amide bonds. The minimum atomic E-state index is -1.97. The Hall–Kier alpha value is -1.20. The molecule has 1 N–H and O–H groups in total. The van der Waals surface area contributed by atoms with Crippen molar-refractivity contribution in [2.45, 2.75) is 57.8 Å². The highest BCUT2D eigenvalue weighted by Gasteiger charge is 2.49. The maximum atomic E-state index is 12.6. The van der Waals surface area contributed by atoms with E-state index in [1.807, 2.05) is 6.92 Å². The molecule has 2 heterocycles. The number of nitrogens with zero attached hydrogens (tertiary/aromatic N) is 1. The van der Waals surface area contributed by atoms with E-state index < -0.39 is 17.5 Å². The molecule has 0 aliphatic carbocycles. The molecule has 0 aromatic rings. The van der Waals surface area contributed by atoms with Gasteiger partial charge in [0.25, 0.3) is 11.7 Å². The van der Waals surface area contributed by atoms with Crippen molar-refractivity contribution in [1.29, 1.82) is 0 Å². The first-order valence-corrected chi connectivity index (χ1v) is 7.75. The summed E-state index contributed by atoms with van der Waals surface area (Å²) in [5.41, 5.74) is 0.875. The van der Waals surface area contributed by atoms with Crippen LogP contribution < -0.4 is 0 Å². The van der Waals surface area contributed by atoms with Gasteiger partial charge in [-0.05, 0) is 39.0 Å². The normalized spacial score (nSPS) is 33.6. The predicted molar refractivity (Wildman–Crippen MR) is 78.5 cm³/mol. The molecule has 2 fully saturated rings. The molecule has 118 valence electrons. The van der Waals surface area contributed by atoms with Gasteiger partial charge in [-0.1, -0.05) is 19.1 Å². The molecular formula is C16H25NO4. The predicted octanol–water partition coefficient (Wildman–Crippen LogP) is 1.65. The molecule has 0 aromatic carbocycles. The third-order valence-corrected chi connectivity index (χ3v) is 4.62.